The molecule has 1 atom stereocenters. The predicted molar refractivity (Wildman–Crippen MR) is 52.1 cm³/mol. The lowest BCUT2D eigenvalue weighted by Gasteiger charge is -2.08. The number of Topliss-reactive ketones (excluding diaryl/α,β-unsaturated/α-hetero) is 1. The molecule has 4 nitrogen and oxygen atoms in total. The van der Waals surface area contributed by atoms with Crippen LogP contribution < -0.4 is 0 Å². The number of carboxylic acid groups (broad SMARTS) is 1. The number of aliphatic carboxylic acids is 1. The Morgan fingerprint density at radius 3 is 2.36 bits per heavy atom. The summed E-state index contributed by atoms with van der Waals surface area (Å²) in [6.45, 7) is 7.40. The molecule has 0 saturated carbocycles. The summed E-state index contributed by atoms with van der Waals surface area (Å²) in [4.78, 5) is 21.4. The molecule has 0 aromatic carbocycles. The number of rotatable bonds is 7. The minimum atomic E-state index is -1.09. The highest BCUT2D eigenvalue weighted by Gasteiger charge is 2.21. The number of ketones is 1. The Kier molecular flexibility index (Phi) is 5.79. The molecule has 1 unspecified atom stereocenters. The van der Waals surface area contributed by atoms with Gasteiger partial charge >= 0.3 is 5.97 Å². The first-order chi connectivity index (χ1) is 6.45. The second-order valence-electron chi connectivity index (χ2n) is 3.30. The van der Waals surface area contributed by atoms with E-state index in [0.29, 0.717) is 6.61 Å². The first-order valence-corrected chi connectivity index (χ1v) is 4.40. The standard InChI is InChI=1S/C10H16O4/c1-7(2)6-14-5-4-9(8(3)11)10(12)13/h9H,1,4-6H2,2-3H3,(H,12,13). The molecule has 0 amide bonds. The highest BCUT2D eigenvalue weighted by atomic mass is 16.5. The minimum Gasteiger partial charge on any atom is -0.481 e. The van der Waals surface area contributed by atoms with E-state index in [1.54, 1.807) is 0 Å². The van der Waals surface area contributed by atoms with Gasteiger partial charge in [-0.2, -0.15) is 0 Å². The van der Waals surface area contributed by atoms with Gasteiger partial charge in [0.25, 0.3) is 0 Å². The summed E-state index contributed by atoms with van der Waals surface area (Å²) in [6.07, 6.45) is 0.220. The van der Waals surface area contributed by atoms with Gasteiger partial charge < -0.3 is 9.84 Å². The van der Waals surface area contributed by atoms with Gasteiger partial charge in [0.05, 0.1) is 6.61 Å². The molecule has 80 valence electrons. The van der Waals surface area contributed by atoms with Gasteiger partial charge in [-0.3, -0.25) is 9.59 Å². The average Bonchev–Trinajstić information content (AvgIpc) is 2.01. The van der Waals surface area contributed by atoms with Crippen LogP contribution in [0.2, 0.25) is 0 Å². The fourth-order valence-corrected chi connectivity index (χ4v) is 0.948. The van der Waals surface area contributed by atoms with Crippen molar-refractivity contribution in [3.63, 3.8) is 0 Å². The molecule has 4 heteroatoms. The maximum Gasteiger partial charge on any atom is 0.314 e. The molecular formula is C10H16O4. The van der Waals surface area contributed by atoms with E-state index in [-0.39, 0.29) is 18.8 Å². The lowest BCUT2D eigenvalue weighted by molar-refractivity contribution is -0.146. The van der Waals surface area contributed by atoms with Crippen LogP contribution in [0.15, 0.2) is 12.2 Å². The van der Waals surface area contributed by atoms with Crippen LogP contribution in [0.1, 0.15) is 20.3 Å². The molecule has 14 heavy (non-hydrogen) atoms. The molecule has 0 rings (SSSR count). The van der Waals surface area contributed by atoms with Crippen LogP contribution in [0.25, 0.3) is 0 Å². The molecular weight excluding hydrogens is 184 g/mol. The van der Waals surface area contributed by atoms with Crippen molar-refractivity contribution in [2.24, 2.45) is 5.92 Å². The zero-order valence-electron chi connectivity index (χ0n) is 8.58. The molecule has 0 fully saturated rings. The Bertz CT molecular complexity index is 218. The normalized spacial score (nSPS) is 12.1. The van der Waals surface area contributed by atoms with E-state index in [1.807, 2.05) is 6.92 Å². The van der Waals surface area contributed by atoms with Crippen LogP contribution in [0.5, 0.6) is 0 Å². The van der Waals surface area contributed by atoms with Crippen molar-refractivity contribution in [2.45, 2.75) is 20.3 Å². The topological polar surface area (TPSA) is 63.6 Å². The van der Waals surface area contributed by atoms with Crippen molar-refractivity contribution in [2.75, 3.05) is 13.2 Å². The Hall–Kier alpha value is -1.16. The van der Waals surface area contributed by atoms with Crippen LogP contribution in [-0.4, -0.2) is 30.1 Å². The van der Waals surface area contributed by atoms with Gasteiger partial charge in [-0.1, -0.05) is 12.2 Å². The van der Waals surface area contributed by atoms with E-state index in [2.05, 4.69) is 6.58 Å². The SMILES string of the molecule is C=C(C)COCCC(C(C)=O)C(=O)O. The maximum atomic E-state index is 10.9. The summed E-state index contributed by atoms with van der Waals surface area (Å²) in [5, 5.41) is 8.66. The summed E-state index contributed by atoms with van der Waals surface area (Å²) in [5.74, 6) is -2.37. The van der Waals surface area contributed by atoms with Crippen molar-refractivity contribution in [3.05, 3.63) is 12.2 Å². The first-order valence-electron chi connectivity index (χ1n) is 4.40. The number of carbonyl (C=O) groups excluding carboxylic acids is 1. The molecule has 0 heterocycles. The number of carbonyl (C=O) groups is 2. The molecule has 0 aliphatic rings. The van der Waals surface area contributed by atoms with Crippen molar-refractivity contribution < 1.29 is 19.4 Å². The Labute approximate surface area is 83.6 Å². The third kappa shape index (κ3) is 5.48. The van der Waals surface area contributed by atoms with E-state index in [4.69, 9.17) is 9.84 Å². The van der Waals surface area contributed by atoms with Crippen LogP contribution in [0, 0.1) is 5.92 Å². The van der Waals surface area contributed by atoms with Gasteiger partial charge in [0.1, 0.15) is 11.7 Å². The predicted octanol–water partition coefficient (Wildman–Crippen LogP) is 1.26. The van der Waals surface area contributed by atoms with E-state index >= 15 is 0 Å². The number of ether oxygens (including phenoxy) is 1. The molecule has 0 bridgehead atoms. The third-order valence-corrected chi connectivity index (χ3v) is 1.69. The first kappa shape index (κ1) is 12.8. The van der Waals surface area contributed by atoms with Crippen LogP contribution >= 0.6 is 0 Å². The van der Waals surface area contributed by atoms with Gasteiger partial charge in [0.2, 0.25) is 0 Å². The summed E-state index contributed by atoms with van der Waals surface area (Å²) in [7, 11) is 0. The van der Waals surface area contributed by atoms with Gasteiger partial charge in [-0.15, -0.1) is 0 Å². The highest BCUT2D eigenvalue weighted by molar-refractivity contribution is 5.96. The number of hydrogen-bond donors (Lipinski definition) is 1. The van der Waals surface area contributed by atoms with Gasteiger partial charge in [0, 0.05) is 6.61 Å². The quantitative estimate of drug-likeness (QED) is 0.382. The molecule has 0 aromatic rings. The molecule has 0 aliphatic heterocycles. The Balaban J connectivity index is 3.78. The average molecular weight is 200 g/mol. The molecule has 1 N–H and O–H groups in total. The lowest BCUT2D eigenvalue weighted by Crippen LogP contribution is -2.23. The van der Waals surface area contributed by atoms with Crippen LogP contribution in [0.4, 0.5) is 0 Å². The molecule has 0 saturated heterocycles. The Morgan fingerprint density at radius 1 is 1.43 bits per heavy atom. The van der Waals surface area contributed by atoms with Crippen molar-refractivity contribution in [1.82, 2.24) is 0 Å². The van der Waals surface area contributed by atoms with Gasteiger partial charge in [-0.25, -0.2) is 0 Å². The van der Waals surface area contributed by atoms with Crippen LogP contribution in [-0.2, 0) is 14.3 Å². The number of carboxylic acids is 1. The third-order valence-electron chi connectivity index (χ3n) is 1.69. The van der Waals surface area contributed by atoms with Crippen molar-refractivity contribution in [3.8, 4) is 0 Å². The molecule has 0 radical (unpaired) electrons. The fraction of sp³-hybridized carbons (Fsp3) is 0.600. The zero-order valence-corrected chi connectivity index (χ0v) is 8.58. The number of hydrogen-bond acceptors (Lipinski definition) is 3. The highest BCUT2D eigenvalue weighted by Crippen LogP contribution is 2.05. The Morgan fingerprint density at radius 2 is 2.00 bits per heavy atom. The minimum absolute atomic E-state index is 0.220. The van der Waals surface area contributed by atoms with Crippen LogP contribution in [0.3, 0.4) is 0 Å². The van der Waals surface area contributed by atoms with Crippen molar-refractivity contribution >= 4 is 11.8 Å². The van der Waals surface area contributed by atoms with E-state index < -0.39 is 11.9 Å². The summed E-state index contributed by atoms with van der Waals surface area (Å²) in [6, 6.07) is 0. The maximum absolute atomic E-state index is 10.9. The van der Waals surface area contributed by atoms with E-state index in [1.165, 1.54) is 6.92 Å². The second-order valence-corrected chi connectivity index (χ2v) is 3.30. The molecule has 0 aromatic heterocycles. The largest absolute Gasteiger partial charge is 0.481 e. The summed E-state index contributed by atoms with van der Waals surface area (Å²) < 4.78 is 5.11. The van der Waals surface area contributed by atoms with E-state index in [0.717, 1.165) is 5.57 Å². The summed E-state index contributed by atoms with van der Waals surface area (Å²) in [5.41, 5.74) is 0.875. The summed E-state index contributed by atoms with van der Waals surface area (Å²) >= 11 is 0. The van der Waals surface area contributed by atoms with Gasteiger partial charge in [0.15, 0.2) is 0 Å². The molecule has 0 spiro atoms. The lowest BCUT2D eigenvalue weighted by atomic mass is 10.0. The van der Waals surface area contributed by atoms with E-state index in [9.17, 15) is 9.59 Å². The van der Waals surface area contributed by atoms with Crippen molar-refractivity contribution in [1.29, 1.82) is 0 Å². The van der Waals surface area contributed by atoms with Gasteiger partial charge in [-0.05, 0) is 20.3 Å². The zero-order chi connectivity index (χ0) is 11.1. The fourth-order valence-electron chi connectivity index (χ4n) is 0.948. The second kappa shape index (κ2) is 6.32. The molecule has 0 aliphatic carbocycles. The monoisotopic (exact) mass is 200 g/mol. The smallest absolute Gasteiger partial charge is 0.314 e.